The molecule has 0 saturated heterocycles. The fourth-order valence-corrected chi connectivity index (χ4v) is 1.89. The molecule has 0 amide bonds. The molecule has 0 spiro atoms. The molecule has 2 aromatic rings. The number of methoxy groups -OCH3 is 1. The van der Waals surface area contributed by atoms with Crippen molar-refractivity contribution in [2.24, 2.45) is 0 Å². The molecule has 1 heterocycles. The molecule has 0 aliphatic heterocycles. The first-order valence-corrected chi connectivity index (χ1v) is 6.17. The van der Waals surface area contributed by atoms with Crippen LogP contribution in [0.5, 0.6) is 0 Å². The van der Waals surface area contributed by atoms with E-state index in [0.717, 1.165) is 11.3 Å². The van der Waals surface area contributed by atoms with E-state index >= 15 is 0 Å². The number of carbonyl (C=O) groups excluding carboxylic acids is 1. The smallest absolute Gasteiger partial charge is 0.340 e. The maximum Gasteiger partial charge on any atom is 0.340 e. The lowest BCUT2D eigenvalue weighted by molar-refractivity contribution is 0.0602. The summed E-state index contributed by atoms with van der Waals surface area (Å²) >= 11 is 0. The summed E-state index contributed by atoms with van der Waals surface area (Å²) in [5.74, 6) is 0.161. The molecule has 0 radical (unpaired) electrons. The zero-order valence-electron chi connectivity index (χ0n) is 11.8. The molecule has 0 saturated carbocycles. The first-order valence-electron chi connectivity index (χ1n) is 6.17. The summed E-state index contributed by atoms with van der Waals surface area (Å²) in [4.78, 5) is 17.8. The van der Waals surface area contributed by atoms with Gasteiger partial charge in [-0.15, -0.1) is 0 Å². The van der Waals surface area contributed by atoms with E-state index in [9.17, 15) is 4.79 Å². The third kappa shape index (κ3) is 2.71. The maximum absolute atomic E-state index is 11.7. The molecule has 1 aromatic carbocycles. The second-order valence-electron chi connectivity index (χ2n) is 4.52. The Morgan fingerprint density at radius 3 is 2.75 bits per heavy atom. The van der Waals surface area contributed by atoms with E-state index in [1.54, 1.807) is 6.07 Å². The van der Waals surface area contributed by atoms with E-state index in [0.29, 0.717) is 17.1 Å². The molecular formula is C15H17N3O2. The van der Waals surface area contributed by atoms with E-state index in [2.05, 4.69) is 4.98 Å². The highest BCUT2D eigenvalue weighted by atomic mass is 16.5. The summed E-state index contributed by atoms with van der Waals surface area (Å²) in [6.07, 6.45) is 1.47. The quantitative estimate of drug-likeness (QED) is 0.869. The van der Waals surface area contributed by atoms with E-state index in [1.165, 1.54) is 13.3 Å². The van der Waals surface area contributed by atoms with Gasteiger partial charge in [0, 0.05) is 12.7 Å². The highest BCUT2D eigenvalue weighted by molar-refractivity contribution is 5.95. The first-order chi connectivity index (χ1) is 9.52. The maximum atomic E-state index is 11.7. The molecule has 2 rings (SSSR count). The van der Waals surface area contributed by atoms with Crippen LogP contribution in [0.15, 0.2) is 36.5 Å². The fraction of sp³-hybridized carbons (Fsp3) is 0.200. The lowest BCUT2D eigenvalue weighted by Crippen LogP contribution is -2.14. The third-order valence-electron chi connectivity index (χ3n) is 3.06. The topological polar surface area (TPSA) is 68.5 Å². The Morgan fingerprint density at radius 1 is 1.35 bits per heavy atom. The molecule has 0 aliphatic carbocycles. The van der Waals surface area contributed by atoms with E-state index in [-0.39, 0.29) is 0 Å². The molecule has 20 heavy (non-hydrogen) atoms. The lowest BCUT2D eigenvalue weighted by atomic mass is 10.2. The largest absolute Gasteiger partial charge is 0.465 e. The molecule has 0 atom stereocenters. The summed E-state index contributed by atoms with van der Waals surface area (Å²) in [7, 11) is 3.21. The molecule has 104 valence electrons. The van der Waals surface area contributed by atoms with Crippen molar-refractivity contribution in [3.8, 4) is 0 Å². The van der Waals surface area contributed by atoms with Crippen LogP contribution in [0.25, 0.3) is 0 Å². The number of ether oxygens (including phenoxy) is 1. The molecule has 0 unspecified atom stereocenters. The number of rotatable bonds is 3. The summed E-state index contributed by atoms with van der Waals surface area (Å²) in [5, 5.41) is 0. The Hall–Kier alpha value is -2.56. The van der Waals surface area contributed by atoms with Crippen molar-refractivity contribution in [3.05, 3.63) is 47.7 Å². The van der Waals surface area contributed by atoms with Gasteiger partial charge in [0.2, 0.25) is 0 Å². The standard InChI is InChI=1S/C15H17N3O2/c1-10-5-4-6-11(7-10)18(2)14-8-12(15(19)20-3)13(16)9-17-14/h4-9H,16H2,1-3H3. The van der Waals surface area contributed by atoms with Gasteiger partial charge in [0.1, 0.15) is 5.82 Å². The van der Waals surface area contributed by atoms with Crippen molar-refractivity contribution in [1.29, 1.82) is 0 Å². The number of nitrogen functional groups attached to an aromatic ring is 1. The van der Waals surface area contributed by atoms with Crippen molar-refractivity contribution < 1.29 is 9.53 Å². The molecule has 5 heteroatoms. The van der Waals surface area contributed by atoms with Crippen molar-refractivity contribution in [1.82, 2.24) is 4.98 Å². The fourth-order valence-electron chi connectivity index (χ4n) is 1.89. The molecular weight excluding hydrogens is 254 g/mol. The number of anilines is 3. The van der Waals surface area contributed by atoms with Crippen LogP contribution in [0.2, 0.25) is 0 Å². The highest BCUT2D eigenvalue weighted by Gasteiger charge is 2.14. The number of hydrogen-bond acceptors (Lipinski definition) is 5. The average Bonchev–Trinajstić information content (AvgIpc) is 2.46. The second-order valence-corrected chi connectivity index (χ2v) is 4.52. The minimum absolute atomic E-state index is 0.304. The summed E-state index contributed by atoms with van der Waals surface area (Å²) < 4.78 is 4.71. The van der Waals surface area contributed by atoms with E-state index < -0.39 is 5.97 Å². The molecule has 1 aromatic heterocycles. The van der Waals surface area contributed by atoms with Gasteiger partial charge in [-0.1, -0.05) is 12.1 Å². The molecule has 0 fully saturated rings. The molecule has 0 bridgehead atoms. The Bertz CT molecular complexity index is 641. The molecule has 2 N–H and O–H groups in total. The number of benzene rings is 1. The monoisotopic (exact) mass is 271 g/mol. The van der Waals surface area contributed by atoms with Crippen molar-refractivity contribution in [2.75, 3.05) is 24.8 Å². The predicted molar refractivity (Wildman–Crippen MR) is 79.2 cm³/mol. The van der Waals surface area contributed by atoms with Gasteiger partial charge >= 0.3 is 5.97 Å². The minimum Gasteiger partial charge on any atom is -0.465 e. The zero-order chi connectivity index (χ0) is 14.7. The Labute approximate surface area is 118 Å². The SMILES string of the molecule is COC(=O)c1cc(N(C)c2cccc(C)c2)ncc1N. The normalized spacial score (nSPS) is 10.2. The number of hydrogen-bond donors (Lipinski definition) is 1. The second kappa shape index (κ2) is 5.61. The van der Waals surface area contributed by atoms with Gasteiger partial charge in [-0.05, 0) is 30.7 Å². The summed E-state index contributed by atoms with van der Waals surface area (Å²) in [5.41, 5.74) is 8.50. The Morgan fingerprint density at radius 2 is 2.10 bits per heavy atom. The number of pyridine rings is 1. The van der Waals surface area contributed by atoms with Gasteiger partial charge in [-0.3, -0.25) is 0 Å². The van der Waals surface area contributed by atoms with Crippen molar-refractivity contribution in [3.63, 3.8) is 0 Å². The van der Waals surface area contributed by atoms with Crippen LogP contribution in [0.4, 0.5) is 17.2 Å². The zero-order valence-corrected chi connectivity index (χ0v) is 11.8. The molecule has 5 nitrogen and oxygen atoms in total. The van der Waals surface area contributed by atoms with E-state index in [1.807, 2.05) is 43.1 Å². The Balaban J connectivity index is 2.40. The number of carbonyl (C=O) groups is 1. The highest BCUT2D eigenvalue weighted by Crippen LogP contribution is 2.25. The van der Waals surface area contributed by atoms with Crippen LogP contribution in [0.1, 0.15) is 15.9 Å². The van der Waals surface area contributed by atoms with Gasteiger partial charge < -0.3 is 15.4 Å². The van der Waals surface area contributed by atoms with Crippen LogP contribution in [0.3, 0.4) is 0 Å². The number of aromatic nitrogens is 1. The number of nitrogens with two attached hydrogens (primary N) is 1. The average molecular weight is 271 g/mol. The van der Waals surface area contributed by atoms with Gasteiger partial charge in [-0.2, -0.15) is 0 Å². The predicted octanol–water partition coefficient (Wildman–Crippen LogP) is 2.53. The summed E-state index contributed by atoms with van der Waals surface area (Å²) in [6, 6.07) is 9.63. The minimum atomic E-state index is -0.469. The Kier molecular flexibility index (Phi) is 3.89. The van der Waals surface area contributed by atoms with Gasteiger partial charge in [0.25, 0.3) is 0 Å². The number of nitrogens with zero attached hydrogens (tertiary/aromatic N) is 2. The van der Waals surface area contributed by atoms with Crippen LogP contribution in [-0.2, 0) is 4.74 Å². The van der Waals surface area contributed by atoms with Crippen LogP contribution in [-0.4, -0.2) is 25.1 Å². The number of aryl methyl sites for hydroxylation is 1. The van der Waals surface area contributed by atoms with Gasteiger partial charge in [0.15, 0.2) is 0 Å². The summed E-state index contributed by atoms with van der Waals surface area (Å²) in [6.45, 7) is 2.02. The van der Waals surface area contributed by atoms with Gasteiger partial charge in [-0.25, -0.2) is 9.78 Å². The first kappa shape index (κ1) is 13.9. The van der Waals surface area contributed by atoms with E-state index in [4.69, 9.17) is 10.5 Å². The van der Waals surface area contributed by atoms with Crippen molar-refractivity contribution in [2.45, 2.75) is 6.92 Å². The van der Waals surface area contributed by atoms with Crippen LogP contribution >= 0.6 is 0 Å². The third-order valence-corrected chi connectivity index (χ3v) is 3.06. The molecule has 0 aliphatic rings. The van der Waals surface area contributed by atoms with Crippen LogP contribution in [0, 0.1) is 6.92 Å². The number of esters is 1. The van der Waals surface area contributed by atoms with Crippen LogP contribution < -0.4 is 10.6 Å². The van der Waals surface area contributed by atoms with Crippen molar-refractivity contribution >= 4 is 23.2 Å². The van der Waals surface area contributed by atoms with Gasteiger partial charge in [0.05, 0.1) is 24.6 Å². The lowest BCUT2D eigenvalue weighted by Gasteiger charge is -2.19.